The van der Waals surface area contributed by atoms with Gasteiger partial charge >= 0.3 is 6.36 Å². The fourth-order valence-corrected chi connectivity index (χ4v) is 1.41. The summed E-state index contributed by atoms with van der Waals surface area (Å²) < 4.78 is 51.3. The number of pyridine rings is 1. The SMILES string of the molecule is Fc1cc(OC(F)(F)F)c(I)nc1Cl. The second kappa shape index (κ2) is 4.05. The van der Waals surface area contributed by atoms with E-state index >= 15 is 0 Å². The quantitative estimate of drug-likeness (QED) is 0.444. The van der Waals surface area contributed by atoms with Gasteiger partial charge in [0.05, 0.1) is 0 Å². The van der Waals surface area contributed by atoms with Crippen LogP contribution in [0.2, 0.25) is 5.15 Å². The number of ether oxygens (including phenoxy) is 1. The molecule has 0 atom stereocenters. The van der Waals surface area contributed by atoms with Gasteiger partial charge in [-0.15, -0.1) is 13.2 Å². The summed E-state index contributed by atoms with van der Waals surface area (Å²) in [5.74, 6) is -1.77. The number of aromatic nitrogens is 1. The predicted molar refractivity (Wildman–Crippen MR) is 48.6 cm³/mol. The Morgan fingerprint density at radius 1 is 1.43 bits per heavy atom. The lowest BCUT2D eigenvalue weighted by molar-refractivity contribution is -0.275. The standard InChI is InChI=1S/C6HClF4INO/c7-4-2(8)1-3(5(12)13-4)14-6(9,10)11/h1H. The first-order chi connectivity index (χ1) is 6.29. The Morgan fingerprint density at radius 3 is 2.50 bits per heavy atom. The monoisotopic (exact) mass is 341 g/mol. The molecule has 0 aliphatic heterocycles. The minimum Gasteiger partial charge on any atom is -0.403 e. The fourth-order valence-electron chi connectivity index (χ4n) is 0.625. The van der Waals surface area contributed by atoms with Gasteiger partial charge in [0.25, 0.3) is 0 Å². The normalized spacial score (nSPS) is 11.6. The summed E-state index contributed by atoms with van der Waals surface area (Å²) in [4.78, 5) is 3.31. The Balaban J connectivity index is 3.04. The lowest BCUT2D eigenvalue weighted by Gasteiger charge is -2.09. The van der Waals surface area contributed by atoms with Crippen molar-refractivity contribution in [1.82, 2.24) is 4.98 Å². The van der Waals surface area contributed by atoms with Crippen molar-refractivity contribution in [1.29, 1.82) is 0 Å². The van der Waals surface area contributed by atoms with Crippen LogP contribution in [0.3, 0.4) is 0 Å². The molecule has 14 heavy (non-hydrogen) atoms. The molecule has 1 aromatic heterocycles. The van der Waals surface area contributed by atoms with Crippen molar-refractivity contribution in [2.45, 2.75) is 6.36 Å². The van der Waals surface area contributed by atoms with E-state index in [0.29, 0.717) is 6.07 Å². The molecule has 0 bridgehead atoms. The summed E-state index contributed by atoms with van der Waals surface area (Å²) in [6.07, 6.45) is -4.87. The third-order valence-electron chi connectivity index (χ3n) is 1.08. The Labute approximate surface area is 94.4 Å². The molecule has 0 radical (unpaired) electrons. The first-order valence-electron chi connectivity index (χ1n) is 3.07. The predicted octanol–water partition coefficient (Wildman–Crippen LogP) is 3.38. The number of rotatable bonds is 1. The summed E-state index contributed by atoms with van der Waals surface area (Å²) >= 11 is 6.68. The van der Waals surface area contributed by atoms with Gasteiger partial charge in [0, 0.05) is 6.07 Å². The van der Waals surface area contributed by atoms with Gasteiger partial charge in [-0.1, -0.05) is 11.6 Å². The van der Waals surface area contributed by atoms with Gasteiger partial charge in [-0.2, -0.15) is 0 Å². The van der Waals surface area contributed by atoms with Gasteiger partial charge in [-0.3, -0.25) is 0 Å². The molecule has 0 N–H and O–H groups in total. The van der Waals surface area contributed by atoms with Crippen LogP contribution in [-0.2, 0) is 0 Å². The van der Waals surface area contributed by atoms with Crippen LogP contribution >= 0.6 is 34.2 Å². The molecule has 0 unspecified atom stereocenters. The average Bonchev–Trinajstić information content (AvgIpc) is 1.97. The van der Waals surface area contributed by atoms with Crippen LogP contribution in [-0.4, -0.2) is 11.3 Å². The zero-order chi connectivity index (χ0) is 10.9. The Morgan fingerprint density at radius 2 is 2.00 bits per heavy atom. The Hall–Kier alpha value is -0.310. The van der Waals surface area contributed by atoms with Gasteiger partial charge in [0.15, 0.2) is 16.7 Å². The Bertz CT molecular complexity index is 356. The highest BCUT2D eigenvalue weighted by molar-refractivity contribution is 14.1. The maximum absolute atomic E-state index is 12.7. The van der Waals surface area contributed by atoms with Gasteiger partial charge in [0.2, 0.25) is 0 Å². The van der Waals surface area contributed by atoms with E-state index < -0.39 is 23.1 Å². The Kier molecular flexibility index (Phi) is 3.40. The summed E-state index contributed by atoms with van der Waals surface area (Å²) in [7, 11) is 0. The summed E-state index contributed by atoms with van der Waals surface area (Å²) in [5.41, 5.74) is 0. The van der Waals surface area contributed by atoms with Crippen molar-refractivity contribution >= 4 is 34.2 Å². The average molecular weight is 341 g/mol. The molecule has 2 nitrogen and oxygen atoms in total. The molecule has 1 heterocycles. The van der Waals surface area contributed by atoms with Crippen molar-refractivity contribution in [3.05, 3.63) is 20.7 Å². The van der Waals surface area contributed by atoms with Gasteiger partial charge in [0.1, 0.15) is 3.70 Å². The smallest absolute Gasteiger partial charge is 0.403 e. The molecule has 78 valence electrons. The van der Waals surface area contributed by atoms with Crippen LogP contribution in [0.15, 0.2) is 6.07 Å². The third kappa shape index (κ3) is 3.12. The van der Waals surface area contributed by atoms with Crippen molar-refractivity contribution in [3.63, 3.8) is 0 Å². The van der Waals surface area contributed by atoms with Crippen LogP contribution in [0.1, 0.15) is 0 Å². The van der Waals surface area contributed by atoms with E-state index in [9.17, 15) is 17.6 Å². The van der Waals surface area contributed by atoms with Crippen LogP contribution in [0, 0.1) is 9.52 Å². The van der Waals surface area contributed by atoms with E-state index in [-0.39, 0.29) is 3.70 Å². The molecule has 1 rings (SSSR count). The maximum Gasteiger partial charge on any atom is 0.573 e. The highest BCUT2D eigenvalue weighted by Crippen LogP contribution is 2.29. The second-order valence-corrected chi connectivity index (χ2v) is 3.48. The lowest BCUT2D eigenvalue weighted by atomic mass is 10.4. The maximum atomic E-state index is 12.7. The van der Waals surface area contributed by atoms with Crippen LogP contribution in [0.4, 0.5) is 17.6 Å². The van der Waals surface area contributed by atoms with E-state index in [1.165, 1.54) is 22.6 Å². The molecule has 0 spiro atoms. The van der Waals surface area contributed by atoms with E-state index in [4.69, 9.17) is 11.6 Å². The van der Waals surface area contributed by atoms with Crippen LogP contribution in [0.25, 0.3) is 0 Å². The van der Waals surface area contributed by atoms with E-state index in [1.807, 2.05) is 0 Å². The van der Waals surface area contributed by atoms with Crippen LogP contribution in [0.5, 0.6) is 5.75 Å². The van der Waals surface area contributed by atoms with Crippen LogP contribution < -0.4 is 4.74 Å². The fraction of sp³-hybridized carbons (Fsp3) is 0.167. The lowest BCUT2D eigenvalue weighted by Crippen LogP contribution is -2.18. The zero-order valence-corrected chi connectivity index (χ0v) is 9.11. The number of hydrogen-bond donors (Lipinski definition) is 0. The molecule has 0 aliphatic carbocycles. The van der Waals surface area contributed by atoms with Gasteiger partial charge in [-0.05, 0) is 22.6 Å². The van der Waals surface area contributed by atoms with Gasteiger partial charge in [-0.25, -0.2) is 9.37 Å². The molecule has 0 aliphatic rings. The number of nitrogens with zero attached hydrogens (tertiary/aromatic N) is 1. The molecule has 0 aromatic carbocycles. The molecular weight excluding hydrogens is 340 g/mol. The molecule has 1 aromatic rings. The van der Waals surface area contributed by atoms with E-state index in [2.05, 4.69) is 9.72 Å². The van der Waals surface area contributed by atoms with Gasteiger partial charge < -0.3 is 4.74 Å². The molecule has 0 saturated heterocycles. The minimum atomic E-state index is -4.87. The summed E-state index contributed by atoms with van der Waals surface area (Å²) in [5, 5.41) is -0.496. The van der Waals surface area contributed by atoms with Crippen molar-refractivity contribution in [3.8, 4) is 5.75 Å². The van der Waals surface area contributed by atoms with E-state index in [0.717, 1.165) is 0 Å². The number of hydrogen-bond acceptors (Lipinski definition) is 2. The molecule has 0 saturated carbocycles. The minimum absolute atomic E-state index is 0.161. The molecular formula is C6HClF4INO. The molecule has 8 heteroatoms. The van der Waals surface area contributed by atoms with E-state index in [1.54, 1.807) is 0 Å². The first-order valence-corrected chi connectivity index (χ1v) is 4.52. The molecule has 0 amide bonds. The first kappa shape index (κ1) is 11.8. The third-order valence-corrected chi connectivity index (χ3v) is 2.12. The summed E-state index contributed by atoms with van der Waals surface area (Å²) in [6, 6.07) is 0.532. The highest BCUT2D eigenvalue weighted by atomic mass is 127. The molecule has 0 fully saturated rings. The summed E-state index contributed by atoms with van der Waals surface area (Å²) in [6.45, 7) is 0. The largest absolute Gasteiger partial charge is 0.573 e. The van der Waals surface area contributed by atoms with Crippen molar-refractivity contribution < 1.29 is 22.3 Å². The number of alkyl halides is 3. The van der Waals surface area contributed by atoms with Crippen molar-refractivity contribution in [2.24, 2.45) is 0 Å². The topological polar surface area (TPSA) is 22.1 Å². The second-order valence-electron chi connectivity index (χ2n) is 2.10. The van der Waals surface area contributed by atoms with Crippen molar-refractivity contribution in [2.75, 3.05) is 0 Å². The number of halogens is 6. The highest BCUT2D eigenvalue weighted by Gasteiger charge is 2.32. The zero-order valence-electron chi connectivity index (χ0n) is 6.20.